The number of rotatable bonds is 4. The van der Waals surface area contributed by atoms with E-state index in [0.717, 1.165) is 5.56 Å². The number of nitrogens with zero attached hydrogens (tertiary/aromatic N) is 3. The van der Waals surface area contributed by atoms with Crippen LogP contribution in [0.2, 0.25) is 0 Å². The maximum atomic E-state index is 13.2. The summed E-state index contributed by atoms with van der Waals surface area (Å²) in [6.45, 7) is 2.23. The van der Waals surface area contributed by atoms with Crippen molar-refractivity contribution in [2.24, 2.45) is 0 Å². The normalized spacial score (nSPS) is 10.6. The van der Waals surface area contributed by atoms with Gasteiger partial charge in [0.2, 0.25) is 0 Å². The van der Waals surface area contributed by atoms with Crippen LogP contribution >= 0.6 is 11.5 Å². The van der Waals surface area contributed by atoms with Crippen LogP contribution in [0.15, 0.2) is 42.0 Å². The van der Waals surface area contributed by atoms with Gasteiger partial charge in [-0.3, -0.25) is 9.48 Å². The van der Waals surface area contributed by atoms with Crippen LogP contribution < -0.4 is 5.32 Å². The minimum Gasteiger partial charge on any atom is -0.319 e. The Morgan fingerprint density at radius 3 is 3.05 bits per heavy atom. The van der Waals surface area contributed by atoms with E-state index in [-0.39, 0.29) is 11.7 Å². The van der Waals surface area contributed by atoms with Crippen molar-refractivity contribution in [1.82, 2.24) is 14.2 Å². The number of nitrogens with one attached hydrogen (secondary N) is 1. The molecule has 5 nitrogen and oxygen atoms in total. The van der Waals surface area contributed by atoms with Crippen LogP contribution in [-0.2, 0) is 6.54 Å². The van der Waals surface area contributed by atoms with Gasteiger partial charge in [-0.15, -0.1) is 0 Å². The maximum absolute atomic E-state index is 13.2. The van der Waals surface area contributed by atoms with Crippen molar-refractivity contribution in [3.8, 4) is 0 Å². The second-order valence-corrected chi connectivity index (χ2v) is 5.45. The first-order valence-corrected chi connectivity index (χ1v) is 7.45. The number of aryl methyl sites for hydroxylation is 1. The summed E-state index contributed by atoms with van der Waals surface area (Å²) in [6.07, 6.45) is 3.27. The van der Waals surface area contributed by atoms with Crippen molar-refractivity contribution in [3.05, 3.63) is 64.7 Å². The van der Waals surface area contributed by atoms with E-state index in [1.807, 2.05) is 6.07 Å². The molecule has 2 heterocycles. The molecule has 0 atom stereocenters. The van der Waals surface area contributed by atoms with Gasteiger partial charge < -0.3 is 5.32 Å². The number of hydrogen-bond acceptors (Lipinski definition) is 4. The minimum absolute atomic E-state index is 0.212. The lowest BCUT2D eigenvalue weighted by Crippen LogP contribution is -2.11. The molecule has 3 rings (SSSR count). The molecule has 0 aliphatic heterocycles. The summed E-state index contributed by atoms with van der Waals surface area (Å²) in [7, 11) is 0. The quantitative estimate of drug-likeness (QED) is 0.804. The highest BCUT2D eigenvalue weighted by Gasteiger charge is 2.12. The number of aromatic nitrogens is 3. The predicted molar refractivity (Wildman–Crippen MR) is 82.5 cm³/mol. The summed E-state index contributed by atoms with van der Waals surface area (Å²) >= 11 is 1.25. The number of amides is 1. The molecule has 0 saturated heterocycles. The first kappa shape index (κ1) is 14.4. The zero-order valence-electron chi connectivity index (χ0n) is 11.8. The molecule has 1 aromatic carbocycles. The molecule has 0 saturated carbocycles. The maximum Gasteiger partial charge on any atom is 0.258 e. The first-order chi connectivity index (χ1) is 10.6. The number of halogens is 1. The van der Waals surface area contributed by atoms with Gasteiger partial charge in [0.1, 0.15) is 5.82 Å². The summed E-state index contributed by atoms with van der Waals surface area (Å²) in [6, 6.07) is 6.34. The van der Waals surface area contributed by atoms with Crippen molar-refractivity contribution in [2.45, 2.75) is 13.5 Å². The summed E-state index contributed by atoms with van der Waals surface area (Å²) in [5.41, 5.74) is 2.66. The summed E-state index contributed by atoms with van der Waals surface area (Å²) in [5.74, 6) is -0.491. The zero-order chi connectivity index (χ0) is 15.5. The van der Waals surface area contributed by atoms with Crippen LogP contribution in [0.5, 0.6) is 0 Å². The fraction of sp³-hybridized carbons (Fsp3) is 0.133. The smallest absolute Gasteiger partial charge is 0.258 e. The van der Waals surface area contributed by atoms with E-state index in [9.17, 15) is 9.18 Å². The van der Waals surface area contributed by atoms with Gasteiger partial charge in [0.05, 0.1) is 29.7 Å². The number of anilines is 1. The Balaban J connectivity index is 1.69. The molecule has 3 aromatic rings. The lowest BCUT2D eigenvalue weighted by molar-refractivity contribution is 0.102. The second-order valence-electron chi connectivity index (χ2n) is 4.82. The van der Waals surface area contributed by atoms with Gasteiger partial charge in [-0.2, -0.15) is 9.47 Å². The van der Waals surface area contributed by atoms with Crippen LogP contribution in [-0.4, -0.2) is 20.1 Å². The average molecular weight is 316 g/mol. The van der Waals surface area contributed by atoms with E-state index in [4.69, 9.17) is 0 Å². The highest BCUT2D eigenvalue weighted by molar-refractivity contribution is 7.04. The molecule has 1 amide bonds. The van der Waals surface area contributed by atoms with Gasteiger partial charge in [0, 0.05) is 11.6 Å². The molecule has 0 unspecified atom stereocenters. The third-order valence-electron chi connectivity index (χ3n) is 3.12. The van der Waals surface area contributed by atoms with E-state index in [0.29, 0.717) is 23.5 Å². The third kappa shape index (κ3) is 3.20. The van der Waals surface area contributed by atoms with Crippen LogP contribution in [0, 0.1) is 12.7 Å². The molecule has 7 heteroatoms. The van der Waals surface area contributed by atoms with E-state index in [2.05, 4.69) is 14.8 Å². The van der Waals surface area contributed by atoms with Gasteiger partial charge in [-0.05, 0) is 36.2 Å². The van der Waals surface area contributed by atoms with Crippen molar-refractivity contribution < 1.29 is 9.18 Å². The fourth-order valence-corrected chi connectivity index (χ4v) is 2.74. The number of carbonyl (C=O) groups is 1. The van der Waals surface area contributed by atoms with Crippen molar-refractivity contribution >= 4 is 23.1 Å². The lowest BCUT2D eigenvalue weighted by Gasteiger charge is -2.02. The van der Waals surface area contributed by atoms with E-state index in [1.165, 1.54) is 23.7 Å². The number of benzene rings is 1. The molecular weight excluding hydrogens is 303 g/mol. The standard InChI is InChI=1S/C15H13FN4OS/c1-10-14(9-22-19-10)15(21)18-13-6-17-20(8-13)7-11-3-2-4-12(16)5-11/h2-6,8-9H,7H2,1H3,(H,18,21). The highest BCUT2D eigenvalue weighted by atomic mass is 32.1. The van der Waals surface area contributed by atoms with E-state index >= 15 is 0 Å². The Hall–Kier alpha value is -2.54. The Bertz CT molecular complexity index is 811. The van der Waals surface area contributed by atoms with Crippen LogP contribution in [0.25, 0.3) is 0 Å². The fourth-order valence-electron chi connectivity index (χ4n) is 2.05. The van der Waals surface area contributed by atoms with Crippen molar-refractivity contribution in [2.75, 3.05) is 5.32 Å². The molecule has 22 heavy (non-hydrogen) atoms. The molecule has 0 bridgehead atoms. The SMILES string of the molecule is Cc1nscc1C(=O)Nc1cnn(Cc2cccc(F)c2)c1. The molecular formula is C15H13FN4OS. The third-order valence-corrected chi connectivity index (χ3v) is 3.84. The summed E-state index contributed by atoms with van der Waals surface area (Å²) < 4.78 is 18.9. The Morgan fingerprint density at radius 1 is 1.45 bits per heavy atom. The Labute approximate surface area is 130 Å². The lowest BCUT2D eigenvalue weighted by atomic mass is 10.2. The molecule has 1 N–H and O–H groups in total. The molecule has 0 spiro atoms. The molecule has 0 aliphatic carbocycles. The average Bonchev–Trinajstić information content (AvgIpc) is 3.08. The van der Waals surface area contributed by atoms with E-state index < -0.39 is 0 Å². The van der Waals surface area contributed by atoms with Gasteiger partial charge >= 0.3 is 0 Å². The zero-order valence-corrected chi connectivity index (χ0v) is 12.6. The molecule has 112 valence electrons. The Kier molecular flexibility index (Phi) is 3.97. The summed E-state index contributed by atoms with van der Waals surface area (Å²) in [5, 5.41) is 8.65. The largest absolute Gasteiger partial charge is 0.319 e. The first-order valence-electron chi connectivity index (χ1n) is 6.61. The van der Waals surface area contributed by atoms with Crippen molar-refractivity contribution in [3.63, 3.8) is 0 Å². The monoisotopic (exact) mass is 316 g/mol. The van der Waals surface area contributed by atoms with Crippen molar-refractivity contribution in [1.29, 1.82) is 0 Å². The second kappa shape index (κ2) is 6.07. The highest BCUT2D eigenvalue weighted by Crippen LogP contribution is 2.14. The number of hydrogen-bond donors (Lipinski definition) is 1. The number of carbonyl (C=O) groups excluding carboxylic acids is 1. The van der Waals surface area contributed by atoms with Crippen LogP contribution in [0.4, 0.5) is 10.1 Å². The van der Waals surface area contributed by atoms with Crippen LogP contribution in [0.3, 0.4) is 0 Å². The molecule has 0 aliphatic rings. The van der Waals surface area contributed by atoms with Gasteiger partial charge in [-0.1, -0.05) is 12.1 Å². The predicted octanol–water partition coefficient (Wildman–Crippen LogP) is 3.09. The van der Waals surface area contributed by atoms with Gasteiger partial charge in [0.25, 0.3) is 5.91 Å². The van der Waals surface area contributed by atoms with E-state index in [1.54, 1.807) is 35.4 Å². The molecule has 0 fully saturated rings. The molecule has 2 aromatic heterocycles. The van der Waals surface area contributed by atoms with Gasteiger partial charge in [-0.25, -0.2) is 4.39 Å². The topological polar surface area (TPSA) is 59.8 Å². The van der Waals surface area contributed by atoms with Gasteiger partial charge in [0.15, 0.2) is 0 Å². The van der Waals surface area contributed by atoms with Crippen LogP contribution in [0.1, 0.15) is 21.6 Å². The Morgan fingerprint density at radius 2 is 2.32 bits per heavy atom. The summed E-state index contributed by atoms with van der Waals surface area (Å²) in [4.78, 5) is 12.1. The minimum atomic E-state index is -0.279. The molecule has 0 radical (unpaired) electrons.